The average molecular weight is 303 g/mol. The Morgan fingerprint density at radius 1 is 1.53 bits per heavy atom. The lowest BCUT2D eigenvalue weighted by atomic mass is 9.85. The topological polar surface area (TPSA) is 74.7 Å². The highest BCUT2D eigenvalue weighted by atomic mass is 32.2. The Morgan fingerprint density at radius 3 is 2.63 bits per heavy atom. The number of sulfonamides is 1. The van der Waals surface area contributed by atoms with E-state index >= 15 is 0 Å². The Bertz CT molecular complexity index is 593. The summed E-state index contributed by atoms with van der Waals surface area (Å²) in [5.74, 6) is -0.907. The molecule has 1 aliphatic rings. The number of thiophene rings is 1. The van der Waals surface area contributed by atoms with Crippen LogP contribution in [0, 0.1) is 12.3 Å². The molecule has 1 aromatic heterocycles. The van der Waals surface area contributed by atoms with Gasteiger partial charge in [-0.25, -0.2) is 8.42 Å². The summed E-state index contributed by atoms with van der Waals surface area (Å²) in [4.78, 5) is 12.3. The van der Waals surface area contributed by atoms with E-state index in [0.29, 0.717) is 17.1 Å². The van der Waals surface area contributed by atoms with Crippen LogP contribution in [-0.2, 0) is 14.8 Å². The van der Waals surface area contributed by atoms with Gasteiger partial charge in [-0.05, 0) is 31.9 Å². The molecule has 1 N–H and O–H groups in total. The zero-order valence-electron chi connectivity index (χ0n) is 10.9. The van der Waals surface area contributed by atoms with Gasteiger partial charge in [-0.3, -0.25) is 4.79 Å². The summed E-state index contributed by atoms with van der Waals surface area (Å²) in [6, 6.07) is 3.35. The molecule has 19 heavy (non-hydrogen) atoms. The van der Waals surface area contributed by atoms with Crippen molar-refractivity contribution in [3.05, 3.63) is 17.0 Å². The molecule has 1 saturated heterocycles. The van der Waals surface area contributed by atoms with E-state index in [-0.39, 0.29) is 13.1 Å². The van der Waals surface area contributed by atoms with Crippen molar-refractivity contribution >= 4 is 27.3 Å². The summed E-state index contributed by atoms with van der Waals surface area (Å²) in [6.07, 6.45) is 0.820. The van der Waals surface area contributed by atoms with Crippen molar-refractivity contribution < 1.29 is 18.3 Å². The third-order valence-electron chi connectivity index (χ3n) is 3.76. The van der Waals surface area contributed by atoms with E-state index in [2.05, 4.69) is 0 Å². The molecule has 0 aliphatic carbocycles. The molecular formula is C12H17NO4S2. The highest BCUT2D eigenvalue weighted by Gasteiger charge is 2.47. The van der Waals surface area contributed by atoms with Gasteiger partial charge >= 0.3 is 5.97 Å². The first-order valence-electron chi connectivity index (χ1n) is 6.12. The van der Waals surface area contributed by atoms with Crippen molar-refractivity contribution in [2.45, 2.75) is 30.9 Å². The van der Waals surface area contributed by atoms with Crippen LogP contribution in [0.2, 0.25) is 0 Å². The van der Waals surface area contributed by atoms with Crippen LogP contribution in [0.4, 0.5) is 0 Å². The fraction of sp³-hybridized carbons (Fsp3) is 0.583. The van der Waals surface area contributed by atoms with Crippen LogP contribution in [0.25, 0.3) is 0 Å². The van der Waals surface area contributed by atoms with Crippen molar-refractivity contribution in [2.24, 2.45) is 5.41 Å². The number of carboxylic acid groups (broad SMARTS) is 1. The summed E-state index contributed by atoms with van der Waals surface area (Å²) in [5, 5.41) is 9.30. The molecule has 0 radical (unpaired) electrons. The molecule has 2 rings (SSSR count). The number of rotatable bonds is 4. The minimum Gasteiger partial charge on any atom is -0.481 e. The molecule has 1 unspecified atom stereocenters. The highest BCUT2D eigenvalue weighted by molar-refractivity contribution is 7.91. The predicted molar refractivity (Wildman–Crippen MR) is 72.8 cm³/mol. The number of nitrogens with zero attached hydrogens (tertiary/aromatic N) is 1. The van der Waals surface area contributed by atoms with Gasteiger partial charge in [0.25, 0.3) is 10.0 Å². The number of hydrogen-bond acceptors (Lipinski definition) is 4. The number of hydrogen-bond donors (Lipinski definition) is 1. The first-order valence-corrected chi connectivity index (χ1v) is 8.37. The molecule has 1 aliphatic heterocycles. The minimum absolute atomic E-state index is 0.0676. The summed E-state index contributed by atoms with van der Waals surface area (Å²) >= 11 is 1.22. The molecule has 0 spiro atoms. The molecule has 1 atom stereocenters. The minimum atomic E-state index is -3.54. The lowest BCUT2D eigenvalue weighted by Gasteiger charge is -2.22. The molecule has 1 fully saturated rings. The number of carboxylic acids is 1. The molecule has 0 saturated carbocycles. The summed E-state index contributed by atoms with van der Waals surface area (Å²) < 4.78 is 26.4. The first kappa shape index (κ1) is 14.5. The van der Waals surface area contributed by atoms with Crippen molar-refractivity contribution in [1.29, 1.82) is 0 Å². The Labute approximate surface area is 116 Å². The smallest absolute Gasteiger partial charge is 0.311 e. The van der Waals surface area contributed by atoms with Gasteiger partial charge in [-0.1, -0.05) is 6.92 Å². The summed E-state index contributed by atoms with van der Waals surface area (Å²) in [7, 11) is -3.54. The molecule has 1 aromatic rings. The van der Waals surface area contributed by atoms with Crippen molar-refractivity contribution in [2.75, 3.05) is 13.1 Å². The van der Waals surface area contributed by atoms with Gasteiger partial charge in [0.1, 0.15) is 4.21 Å². The molecule has 0 amide bonds. The summed E-state index contributed by atoms with van der Waals surface area (Å²) in [5.41, 5.74) is -0.931. The predicted octanol–water partition coefficient (Wildman–Crippen LogP) is 1.93. The molecule has 2 heterocycles. The Hall–Kier alpha value is -0.920. The molecule has 5 nitrogen and oxygen atoms in total. The van der Waals surface area contributed by atoms with Crippen LogP contribution >= 0.6 is 11.3 Å². The van der Waals surface area contributed by atoms with Crippen molar-refractivity contribution in [3.8, 4) is 0 Å². The summed E-state index contributed by atoms with van der Waals surface area (Å²) in [6.45, 7) is 3.98. The Kier molecular flexibility index (Phi) is 3.72. The Morgan fingerprint density at radius 2 is 2.21 bits per heavy atom. The molecule has 7 heteroatoms. The quantitative estimate of drug-likeness (QED) is 0.922. The molecular weight excluding hydrogens is 286 g/mol. The van der Waals surface area contributed by atoms with Gasteiger partial charge in [-0.2, -0.15) is 4.31 Å². The van der Waals surface area contributed by atoms with E-state index in [1.165, 1.54) is 15.6 Å². The Balaban J connectivity index is 2.28. The molecule has 0 aromatic carbocycles. The normalized spacial score (nSPS) is 24.7. The van der Waals surface area contributed by atoms with Crippen LogP contribution in [0.1, 0.15) is 24.6 Å². The second-order valence-corrected chi connectivity index (χ2v) is 8.35. The SMILES string of the molecule is CCC1(C(=O)O)CCN(S(=O)(=O)c2ccc(C)s2)C1. The van der Waals surface area contributed by atoms with Gasteiger partial charge in [0, 0.05) is 18.0 Å². The van der Waals surface area contributed by atoms with Crippen LogP contribution in [0.15, 0.2) is 16.3 Å². The average Bonchev–Trinajstić information content (AvgIpc) is 2.96. The lowest BCUT2D eigenvalue weighted by Crippen LogP contribution is -2.36. The van der Waals surface area contributed by atoms with E-state index in [1.54, 1.807) is 19.1 Å². The van der Waals surface area contributed by atoms with Crippen LogP contribution in [0.3, 0.4) is 0 Å². The van der Waals surface area contributed by atoms with Gasteiger partial charge < -0.3 is 5.11 Å². The largest absolute Gasteiger partial charge is 0.481 e. The monoisotopic (exact) mass is 303 g/mol. The van der Waals surface area contributed by atoms with Crippen molar-refractivity contribution in [1.82, 2.24) is 4.31 Å². The van der Waals surface area contributed by atoms with Gasteiger partial charge in [0.2, 0.25) is 0 Å². The van der Waals surface area contributed by atoms with E-state index in [4.69, 9.17) is 0 Å². The number of carbonyl (C=O) groups is 1. The van der Waals surface area contributed by atoms with Gasteiger partial charge in [0.15, 0.2) is 0 Å². The second-order valence-electron chi connectivity index (χ2n) is 4.89. The van der Waals surface area contributed by atoms with Gasteiger partial charge in [0.05, 0.1) is 5.41 Å². The highest BCUT2D eigenvalue weighted by Crippen LogP contribution is 2.37. The fourth-order valence-electron chi connectivity index (χ4n) is 2.33. The van der Waals surface area contributed by atoms with E-state index in [1.807, 2.05) is 6.92 Å². The first-order chi connectivity index (χ1) is 8.82. The van der Waals surface area contributed by atoms with Gasteiger partial charge in [-0.15, -0.1) is 11.3 Å². The standard InChI is InChI=1S/C12H17NO4S2/c1-3-12(11(14)15)6-7-13(8-12)19(16,17)10-5-4-9(2)18-10/h4-5H,3,6-8H2,1-2H3,(H,14,15). The number of aryl methyl sites for hydroxylation is 1. The lowest BCUT2D eigenvalue weighted by molar-refractivity contribution is -0.148. The maximum atomic E-state index is 12.4. The third-order valence-corrected chi connectivity index (χ3v) is 7.07. The third kappa shape index (κ3) is 2.42. The zero-order valence-corrected chi connectivity index (χ0v) is 12.6. The number of aliphatic carboxylic acids is 1. The fourth-order valence-corrected chi connectivity index (χ4v) is 5.30. The molecule has 106 valence electrons. The maximum absolute atomic E-state index is 12.4. The van der Waals surface area contributed by atoms with E-state index in [0.717, 1.165) is 4.88 Å². The van der Waals surface area contributed by atoms with Crippen LogP contribution in [-0.4, -0.2) is 36.9 Å². The van der Waals surface area contributed by atoms with Crippen LogP contribution < -0.4 is 0 Å². The molecule has 0 bridgehead atoms. The van der Waals surface area contributed by atoms with E-state index < -0.39 is 21.4 Å². The van der Waals surface area contributed by atoms with Crippen molar-refractivity contribution in [3.63, 3.8) is 0 Å². The zero-order chi connectivity index (χ0) is 14.3. The van der Waals surface area contributed by atoms with Crippen LogP contribution in [0.5, 0.6) is 0 Å². The maximum Gasteiger partial charge on any atom is 0.311 e. The van der Waals surface area contributed by atoms with E-state index in [9.17, 15) is 18.3 Å². The second kappa shape index (κ2) is 4.88.